The molecule has 0 aliphatic heterocycles. The molecule has 1 atom stereocenters. The Balaban J connectivity index is 2.08. The number of aryl methyl sites for hydroxylation is 2. The second-order valence-corrected chi connectivity index (χ2v) is 4.56. The Labute approximate surface area is 107 Å². The predicted octanol–water partition coefficient (Wildman–Crippen LogP) is 2.33. The Kier molecular flexibility index (Phi) is 3.67. The maximum atomic E-state index is 5.85. The molecule has 2 rings (SSSR count). The van der Waals surface area contributed by atoms with Crippen molar-refractivity contribution in [2.24, 2.45) is 12.8 Å². The zero-order chi connectivity index (χ0) is 13.1. The van der Waals surface area contributed by atoms with Crippen LogP contribution in [0, 0.1) is 6.92 Å². The fourth-order valence-electron chi connectivity index (χ4n) is 1.80. The van der Waals surface area contributed by atoms with Gasteiger partial charge in [-0.25, -0.2) is 4.98 Å². The van der Waals surface area contributed by atoms with E-state index >= 15 is 0 Å². The minimum atomic E-state index is 0.0484. The monoisotopic (exact) mass is 245 g/mol. The van der Waals surface area contributed by atoms with E-state index in [1.165, 1.54) is 0 Å². The second-order valence-electron chi connectivity index (χ2n) is 4.56. The number of nitrogens with zero attached hydrogens (tertiary/aromatic N) is 2. The minimum Gasteiger partial charge on any atom is -0.485 e. The average molecular weight is 245 g/mol. The molecule has 2 aromatic rings. The highest BCUT2D eigenvalue weighted by molar-refractivity contribution is 5.37. The molecule has 1 heterocycles. The van der Waals surface area contributed by atoms with Crippen molar-refractivity contribution in [1.29, 1.82) is 0 Å². The molecule has 0 bridgehead atoms. The first-order valence-electron chi connectivity index (χ1n) is 6.03. The third kappa shape index (κ3) is 2.71. The zero-order valence-corrected chi connectivity index (χ0v) is 11.1. The number of nitrogens with two attached hydrogens (primary N) is 1. The van der Waals surface area contributed by atoms with Crippen LogP contribution in [0.3, 0.4) is 0 Å². The molecule has 18 heavy (non-hydrogen) atoms. The second kappa shape index (κ2) is 5.23. The van der Waals surface area contributed by atoms with E-state index in [9.17, 15) is 0 Å². The lowest BCUT2D eigenvalue weighted by Crippen LogP contribution is -2.06. The van der Waals surface area contributed by atoms with E-state index in [4.69, 9.17) is 10.5 Å². The highest BCUT2D eigenvalue weighted by atomic mass is 16.5. The Hall–Kier alpha value is -1.81. The number of hydrogen-bond donors (Lipinski definition) is 1. The van der Waals surface area contributed by atoms with E-state index in [-0.39, 0.29) is 6.04 Å². The summed E-state index contributed by atoms with van der Waals surface area (Å²) in [5.41, 5.74) is 8.07. The van der Waals surface area contributed by atoms with Gasteiger partial charge in [-0.2, -0.15) is 0 Å². The number of benzene rings is 1. The predicted molar refractivity (Wildman–Crippen MR) is 71.3 cm³/mol. The van der Waals surface area contributed by atoms with Crippen molar-refractivity contribution < 1.29 is 4.74 Å². The molecule has 0 unspecified atom stereocenters. The SMILES string of the molecule is Cc1cc([C@H](C)N)ccc1OCc1nccn1C. The maximum Gasteiger partial charge on any atom is 0.146 e. The molecule has 0 fully saturated rings. The van der Waals surface area contributed by atoms with Crippen LogP contribution in [-0.4, -0.2) is 9.55 Å². The van der Waals surface area contributed by atoms with E-state index in [2.05, 4.69) is 11.1 Å². The summed E-state index contributed by atoms with van der Waals surface area (Å²) in [7, 11) is 1.96. The van der Waals surface area contributed by atoms with Crippen LogP contribution >= 0.6 is 0 Å². The lowest BCUT2D eigenvalue weighted by atomic mass is 10.1. The number of rotatable bonds is 4. The summed E-state index contributed by atoms with van der Waals surface area (Å²) in [6.07, 6.45) is 3.68. The summed E-state index contributed by atoms with van der Waals surface area (Å²) in [4.78, 5) is 4.22. The van der Waals surface area contributed by atoms with Gasteiger partial charge in [-0.15, -0.1) is 0 Å². The lowest BCUT2D eigenvalue weighted by molar-refractivity contribution is 0.289. The standard InChI is InChI=1S/C14H19N3O/c1-10-8-12(11(2)15)4-5-13(10)18-9-14-16-6-7-17(14)3/h4-8,11H,9,15H2,1-3H3/t11-/m0/s1. The van der Waals surface area contributed by atoms with Crippen LogP contribution in [0.2, 0.25) is 0 Å². The van der Waals surface area contributed by atoms with Gasteiger partial charge in [-0.1, -0.05) is 12.1 Å². The van der Waals surface area contributed by atoms with Crippen molar-refractivity contribution >= 4 is 0 Å². The van der Waals surface area contributed by atoms with Crippen molar-refractivity contribution in [1.82, 2.24) is 9.55 Å². The third-order valence-electron chi connectivity index (χ3n) is 3.00. The third-order valence-corrected chi connectivity index (χ3v) is 3.00. The molecule has 4 nitrogen and oxygen atoms in total. The van der Waals surface area contributed by atoms with Gasteiger partial charge in [0.15, 0.2) is 0 Å². The highest BCUT2D eigenvalue weighted by Crippen LogP contribution is 2.22. The molecule has 0 saturated carbocycles. The Morgan fingerprint density at radius 2 is 2.22 bits per heavy atom. The molecule has 0 amide bonds. The molecule has 0 aliphatic carbocycles. The summed E-state index contributed by atoms with van der Waals surface area (Å²) in [6.45, 7) is 4.48. The van der Waals surface area contributed by atoms with Crippen LogP contribution in [0.15, 0.2) is 30.6 Å². The first-order chi connectivity index (χ1) is 8.58. The van der Waals surface area contributed by atoms with Crippen LogP contribution in [-0.2, 0) is 13.7 Å². The lowest BCUT2D eigenvalue weighted by Gasteiger charge is -2.12. The first kappa shape index (κ1) is 12.6. The Bertz CT molecular complexity index is 532. The fraction of sp³-hybridized carbons (Fsp3) is 0.357. The van der Waals surface area contributed by atoms with Gasteiger partial charge < -0.3 is 15.0 Å². The Morgan fingerprint density at radius 3 is 2.78 bits per heavy atom. The maximum absolute atomic E-state index is 5.85. The van der Waals surface area contributed by atoms with Gasteiger partial charge in [0, 0.05) is 25.5 Å². The van der Waals surface area contributed by atoms with Crippen LogP contribution in [0.1, 0.15) is 29.9 Å². The van der Waals surface area contributed by atoms with E-state index < -0.39 is 0 Å². The normalized spacial score (nSPS) is 12.4. The van der Waals surface area contributed by atoms with E-state index in [0.29, 0.717) is 6.61 Å². The summed E-state index contributed by atoms with van der Waals surface area (Å²) in [6, 6.07) is 6.09. The largest absolute Gasteiger partial charge is 0.485 e. The fourth-order valence-corrected chi connectivity index (χ4v) is 1.80. The number of imidazole rings is 1. The van der Waals surface area contributed by atoms with Gasteiger partial charge in [0.1, 0.15) is 18.2 Å². The molecule has 4 heteroatoms. The van der Waals surface area contributed by atoms with Crippen molar-refractivity contribution in [3.05, 3.63) is 47.5 Å². The first-order valence-corrected chi connectivity index (χ1v) is 6.03. The van der Waals surface area contributed by atoms with Crippen LogP contribution in [0.4, 0.5) is 0 Å². The van der Waals surface area contributed by atoms with Gasteiger partial charge in [0.25, 0.3) is 0 Å². The Morgan fingerprint density at radius 1 is 1.44 bits per heavy atom. The summed E-state index contributed by atoms with van der Waals surface area (Å²) in [5, 5.41) is 0. The molecule has 0 radical (unpaired) electrons. The van der Waals surface area contributed by atoms with E-state index in [1.807, 2.05) is 43.8 Å². The van der Waals surface area contributed by atoms with Gasteiger partial charge in [-0.3, -0.25) is 0 Å². The number of aromatic nitrogens is 2. The van der Waals surface area contributed by atoms with Crippen molar-refractivity contribution in [3.63, 3.8) is 0 Å². The minimum absolute atomic E-state index is 0.0484. The molecule has 0 saturated heterocycles. The molecule has 96 valence electrons. The van der Waals surface area contributed by atoms with Crippen LogP contribution in [0.25, 0.3) is 0 Å². The smallest absolute Gasteiger partial charge is 0.146 e. The number of ether oxygens (including phenoxy) is 1. The van der Waals surface area contributed by atoms with Gasteiger partial charge in [-0.05, 0) is 31.0 Å². The molecule has 2 N–H and O–H groups in total. The van der Waals surface area contributed by atoms with Crippen molar-refractivity contribution in [2.75, 3.05) is 0 Å². The molecule has 1 aromatic carbocycles. The van der Waals surface area contributed by atoms with Crippen molar-refractivity contribution in [2.45, 2.75) is 26.5 Å². The molecular weight excluding hydrogens is 226 g/mol. The topological polar surface area (TPSA) is 53.1 Å². The van der Waals surface area contributed by atoms with Crippen molar-refractivity contribution in [3.8, 4) is 5.75 Å². The van der Waals surface area contributed by atoms with Gasteiger partial charge in [0.2, 0.25) is 0 Å². The van der Waals surface area contributed by atoms with E-state index in [1.54, 1.807) is 6.20 Å². The van der Waals surface area contributed by atoms with Gasteiger partial charge in [0.05, 0.1) is 0 Å². The highest BCUT2D eigenvalue weighted by Gasteiger charge is 2.06. The molecule has 0 spiro atoms. The molecular formula is C14H19N3O. The average Bonchev–Trinajstić information content (AvgIpc) is 2.73. The van der Waals surface area contributed by atoms with Gasteiger partial charge >= 0.3 is 0 Å². The summed E-state index contributed by atoms with van der Waals surface area (Å²) < 4.78 is 7.72. The van der Waals surface area contributed by atoms with E-state index in [0.717, 1.165) is 22.7 Å². The molecule has 1 aromatic heterocycles. The molecule has 0 aliphatic rings. The quantitative estimate of drug-likeness (QED) is 0.899. The van der Waals surface area contributed by atoms with Crippen LogP contribution in [0.5, 0.6) is 5.75 Å². The van der Waals surface area contributed by atoms with Crippen LogP contribution < -0.4 is 10.5 Å². The number of hydrogen-bond acceptors (Lipinski definition) is 3. The summed E-state index contributed by atoms with van der Waals surface area (Å²) in [5.74, 6) is 1.79. The zero-order valence-electron chi connectivity index (χ0n) is 11.1. The summed E-state index contributed by atoms with van der Waals surface area (Å²) >= 11 is 0.